The van der Waals surface area contributed by atoms with Crippen LogP contribution >= 0.6 is 0 Å². The first-order chi connectivity index (χ1) is 5.25. The molecule has 1 rings (SSSR count). The van der Waals surface area contributed by atoms with Gasteiger partial charge in [-0.3, -0.25) is 0 Å². The third-order valence-corrected chi connectivity index (χ3v) is 1.65. The highest BCUT2D eigenvalue weighted by Crippen LogP contribution is 2.07. The number of imidazole rings is 1. The van der Waals surface area contributed by atoms with Crippen LogP contribution in [0, 0.1) is 0 Å². The molecule has 0 amide bonds. The van der Waals surface area contributed by atoms with Crippen LogP contribution in [0.5, 0.6) is 0 Å². The maximum atomic E-state index is 5.41. The Balaban J connectivity index is 2.67. The van der Waals surface area contributed by atoms with Gasteiger partial charge in [-0.05, 0) is 0 Å². The van der Waals surface area contributed by atoms with Crippen LogP contribution in [0.4, 0.5) is 5.82 Å². The fraction of sp³-hybridized carbons (Fsp3) is 0.571. The molecule has 1 aromatic heterocycles. The summed E-state index contributed by atoms with van der Waals surface area (Å²) in [6.45, 7) is 1.53. The van der Waals surface area contributed by atoms with Crippen LogP contribution < -0.4 is 10.6 Å². The number of nitrogens with two attached hydrogens (primary N) is 1. The first-order valence-electron chi connectivity index (χ1n) is 3.63. The number of hydrogen-bond donors (Lipinski definition) is 1. The minimum atomic E-state index is 0.668. The van der Waals surface area contributed by atoms with Crippen molar-refractivity contribution in [1.29, 1.82) is 0 Å². The molecule has 1 aromatic rings. The van der Waals surface area contributed by atoms with Gasteiger partial charge in [-0.15, -0.1) is 0 Å². The minimum absolute atomic E-state index is 0.668. The average molecular weight is 154 g/mol. The number of rotatable bonds is 3. The molecule has 4 nitrogen and oxygen atoms in total. The molecule has 0 unspecified atom stereocenters. The molecule has 0 radical (unpaired) electrons. The van der Waals surface area contributed by atoms with Gasteiger partial charge in [0.1, 0.15) is 5.82 Å². The van der Waals surface area contributed by atoms with Crippen molar-refractivity contribution in [2.24, 2.45) is 12.8 Å². The van der Waals surface area contributed by atoms with Gasteiger partial charge in [-0.1, -0.05) is 0 Å². The Bertz CT molecular complexity index is 218. The zero-order valence-electron chi connectivity index (χ0n) is 6.99. The van der Waals surface area contributed by atoms with Gasteiger partial charge in [-0.25, -0.2) is 4.98 Å². The number of anilines is 1. The highest BCUT2D eigenvalue weighted by Gasteiger charge is 2.01. The summed E-state index contributed by atoms with van der Waals surface area (Å²) in [5, 5.41) is 0. The Labute approximate surface area is 66.6 Å². The number of nitrogens with zero attached hydrogens (tertiary/aromatic N) is 3. The maximum absolute atomic E-state index is 5.41. The summed E-state index contributed by atoms with van der Waals surface area (Å²) >= 11 is 0. The Morgan fingerprint density at radius 2 is 2.45 bits per heavy atom. The quantitative estimate of drug-likeness (QED) is 0.656. The van der Waals surface area contributed by atoms with E-state index in [1.54, 1.807) is 6.33 Å². The van der Waals surface area contributed by atoms with E-state index >= 15 is 0 Å². The summed E-state index contributed by atoms with van der Waals surface area (Å²) in [6.07, 6.45) is 3.61. The predicted molar refractivity (Wildman–Crippen MR) is 45.5 cm³/mol. The van der Waals surface area contributed by atoms with Gasteiger partial charge in [0.2, 0.25) is 0 Å². The first kappa shape index (κ1) is 8.07. The van der Waals surface area contributed by atoms with Gasteiger partial charge in [-0.2, -0.15) is 0 Å². The van der Waals surface area contributed by atoms with Crippen LogP contribution in [0.1, 0.15) is 0 Å². The standard InChI is InChI=1S/C7H14N4/c1-10(4-3-8)7-5-9-6-11(7)2/h5-6H,3-4,8H2,1-2H3. The lowest BCUT2D eigenvalue weighted by Gasteiger charge is -2.17. The zero-order valence-corrected chi connectivity index (χ0v) is 6.99. The first-order valence-corrected chi connectivity index (χ1v) is 3.63. The fourth-order valence-corrected chi connectivity index (χ4v) is 1.03. The molecule has 2 N–H and O–H groups in total. The summed E-state index contributed by atoms with van der Waals surface area (Å²) < 4.78 is 1.97. The van der Waals surface area contributed by atoms with E-state index in [1.165, 1.54) is 0 Å². The van der Waals surface area contributed by atoms with Gasteiger partial charge in [0.25, 0.3) is 0 Å². The molecule has 62 valence electrons. The molecule has 0 atom stereocenters. The minimum Gasteiger partial charge on any atom is -0.359 e. The normalized spacial score (nSPS) is 10.1. The molecule has 0 aliphatic rings. The highest BCUT2D eigenvalue weighted by molar-refractivity contribution is 5.35. The van der Waals surface area contributed by atoms with Crippen molar-refractivity contribution in [2.45, 2.75) is 0 Å². The average Bonchev–Trinajstić information content (AvgIpc) is 2.36. The molecular weight excluding hydrogens is 140 g/mol. The second-order valence-electron chi connectivity index (χ2n) is 2.57. The molecule has 0 aliphatic heterocycles. The molecule has 4 heteroatoms. The molecule has 0 bridgehead atoms. The second kappa shape index (κ2) is 3.39. The number of aryl methyl sites for hydroxylation is 1. The number of aromatic nitrogens is 2. The van der Waals surface area contributed by atoms with Crippen molar-refractivity contribution < 1.29 is 0 Å². The molecule has 11 heavy (non-hydrogen) atoms. The van der Waals surface area contributed by atoms with Gasteiger partial charge < -0.3 is 15.2 Å². The lowest BCUT2D eigenvalue weighted by atomic mass is 10.5. The highest BCUT2D eigenvalue weighted by atomic mass is 15.2. The van der Waals surface area contributed by atoms with Crippen LogP contribution in [-0.2, 0) is 7.05 Å². The smallest absolute Gasteiger partial charge is 0.128 e. The van der Waals surface area contributed by atoms with Crippen molar-refractivity contribution in [2.75, 3.05) is 25.0 Å². The Morgan fingerprint density at radius 3 is 2.91 bits per heavy atom. The summed E-state index contributed by atoms with van der Waals surface area (Å²) in [7, 11) is 3.97. The summed E-state index contributed by atoms with van der Waals surface area (Å²) in [5.41, 5.74) is 5.41. The third kappa shape index (κ3) is 1.71. The van der Waals surface area contributed by atoms with E-state index in [-0.39, 0.29) is 0 Å². The lowest BCUT2D eigenvalue weighted by molar-refractivity contribution is 0.813. The van der Waals surface area contributed by atoms with Gasteiger partial charge in [0.15, 0.2) is 0 Å². The number of hydrogen-bond acceptors (Lipinski definition) is 3. The van der Waals surface area contributed by atoms with Crippen LogP contribution in [-0.4, -0.2) is 29.7 Å². The summed E-state index contributed by atoms with van der Waals surface area (Å²) in [4.78, 5) is 6.08. The molecule has 0 aromatic carbocycles. The van der Waals surface area contributed by atoms with Crippen LogP contribution in [0.3, 0.4) is 0 Å². The van der Waals surface area contributed by atoms with E-state index < -0.39 is 0 Å². The molecule has 1 heterocycles. The molecule has 0 spiro atoms. The van der Waals surface area contributed by atoms with Crippen LogP contribution in [0.25, 0.3) is 0 Å². The summed E-state index contributed by atoms with van der Waals surface area (Å²) in [5.74, 6) is 1.09. The van der Waals surface area contributed by atoms with E-state index in [0.717, 1.165) is 12.4 Å². The van der Waals surface area contributed by atoms with Crippen molar-refractivity contribution in [3.63, 3.8) is 0 Å². The Hall–Kier alpha value is -1.03. The van der Waals surface area contributed by atoms with E-state index in [2.05, 4.69) is 9.88 Å². The van der Waals surface area contributed by atoms with Crippen molar-refractivity contribution in [3.05, 3.63) is 12.5 Å². The molecule has 0 saturated carbocycles. The molecule has 0 fully saturated rings. The monoisotopic (exact) mass is 154 g/mol. The van der Waals surface area contributed by atoms with E-state index in [1.807, 2.05) is 24.9 Å². The summed E-state index contributed by atoms with van der Waals surface area (Å²) in [6, 6.07) is 0. The Kier molecular flexibility index (Phi) is 2.48. The van der Waals surface area contributed by atoms with E-state index in [9.17, 15) is 0 Å². The fourth-order valence-electron chi connectivity index (χ4n) is 1.03. The predicted octanol–water partition coefficient (Wildman–Crippen LogP) is -0.185. The van der Waals surface area contributed by atoms with Crippen molar-refractivity contribution in [3.8, 4) is 0 Å². The lowest BCUT2D eigenvalue weighted by Crippen LogP contribution is -2.26. The Morgan fingerprint density at radius 1 is 1.73 bits per heavy atom. The van der Waals surface area contributed by atoms with Crippen LogP contribution in [0.15, 0.2) is 12.5 Å². The van der Waals surface area contributed by atoms with Gasteiger partial charge >= 0.3 is 0 Å². The SMILES string of the molecule is CN(CCN)c1cncn1C. The van der Waals surface area contributed by atoms with Crippen molar-refractivity contribution in [1.82, 2.24) is 9.55 Å². The molecule has 0 aliphatic carbocycles. The maximum Gasteiger partial charge on any atom is 0.128 e. The van der Waals surface area contributed by atoms with Crippen molar-refractivity contribution >= 4 is 5.82 Å². The topological polar surface area (TPSA) is 47.1 Å². The van der Waals surface area contributed by atoms with E-state index in [0.29, 0.717) is 6.54 Å². The molecular formula is C7H14N4. The zero-order chi connectivity index (χ0) is 8.27. The van der Waals surface area contributed by atoms with E-state index in [4.69, 9.17) is 5.73 Å². The second-order valence-corrected chi connectivity index (χ2v) is 2.57. The third-order valence-electron chi connectivity index (χ3n) is 1.65. The van der Waals surface area contributed by atoms with Gasteiger partial charge in [0.05, 0.1) is 12.5 Å². The largest absolute Gasteiger partial charge is 0.359 e. The van der Waals surface area contributed by atoms with Gasteiger partial charge in [0, 0.05) is 27.2 Å². The van der Waals surface area contributed by atoms with Crippen LogP contribution in [0.2, 0.25) is 0 Å². The number of likely N-dealkylation sites (N-methyl/N-ethyl adjacent to an activating group) is 1. The molecule has 0 saturated heterocycles.